The molecule has 3 nitrogen and oxygen atoms in total. The van der Waals surface area contributed by atoms with E-state index in [1.807, 2.05) is 12.1 Å². The minimum absolute atomic E-state index is 0.519. The zero-order chi connectivity index (χ0) is 12.5. The highest BCUT2D eigenvalue weighted by Gasteiger charge is 2.21. The summed E-state index contributed by atoms with van der Waals surface area (Å²) < 4.78 is 2.30. The summed E-state index contributed by atoms with van der Waals surface area (Å²) in [4.78, 5) is 0. The fraction of sp³-hybridized carbons (Fsp3) is 0.429. The van der Waals surface area contributed by atoms with Crippen LogP contribution in [0.5, 0.6) is 0 Å². The molecule has 94 valence electrons. The number of aromatic nitrogens is 3. The smallest absolute Gasteiger partial charge is 0.137 e. The molecule has 1 aliphatic rings. The van der Waals surface area contributed by atoms with Crippen molar-refractivity contribution < 1.29 is 0 Å². The normalized spacial score (nSPS) is 18.7. The van der Waals surface area contributed by atoms with Crippen molar-refractivity contribution in [3.05, 3.63) is 46.5 Å². The van der Waals surface area contributed by atoms with Crippen molar-refractivity contribution in [3.63, 3.8) is 0 Å². The van der Waals surface area contributed by atoms with Gasteiger partial charge in [0.25, 0.3) is 0 Å². The second-order valence-electron chi connectivity index (χ2n) is 4.95. The number of halogens is 1. The molecule has 2 aromatic rings. The number of hydrogen-bond donors (Lipinski definition) is 0. The SMILES string of the molecule is CC1CCCc2nnc(Cc3ccc(Cl)cc3)n21. The Kier molecular flexibility index (Phi) is 3.08. The molecule has 0 N–H and O–H groups in total. The van der Waals surface area contributed by atoms with Gasteiger partial charge in [0, 0.05) is 23.9 Å². The van der Waals surface area contributed by atoms with E-state index < -0.39 is 0 Å². The average molecular weight is 262 g/mol. The molecule has 1 aliphatic heterocycles. The Labute approximate surface area is 112 Å². The highest BCUT2D eigenvalue weighted by atomic mass is 35.5. The van der Waals surface area contributed by atoms with Crippen LogP contribution in [0.1, 0.15) is 43.0 Å². The molecule has 0 saturated carbocycles. The molecule has 0 spiro atoms. The van der Waals surface area contributed by atoms with Crippen LogP contribution >= 0.6 is 11.6 Å². The molecule has 0 bridgehead atoms. The third-order valence-corrected chi connectivity index (χ3v) is 3.83. The van der Waals surface area contributed by atoms with Crippen LogP contribution in [0.3, 0.4) is 0 Å². The van der Waals surface area contributed by atoms with Crippen molar-refractivity contribution in [2.75, 3.05) is 0 Å². The number of nitrogens with zero attached hydrogens (tertiary/aromatic N) is 3. The maximum atomic E-state index is 5.90. The molecule has 0 saturated heterocycles. The maximum absolute atomic E-state index is 5.90. The fourth-order valence-corrected chi connectivity index (χ4v) is 2.76. The van der Waals surface area contributed by atoms with E-state index in [1.54, 1.807) is 0 Å². The van der Waals surface area contributed by atoms with Crippen LogP contribution in [0.25, 0.3) is 0 Å². The lowest BCUT2D eigenvalue weighted by atomic mass is 10.1. The first kappa shape index (κ1) is 11.7. The predicted octanol–water partition coefficient (Wildman–Crippen LogP) is 3.42. The monoisotopic (exact) mass is 261 g/mol. The first-order valence-corrected chi connectivity index (χ1v) is 6.79. The van der Waals surface area contributed by atoms with E-state index in [-0.39, 0.29) is 0 Å². The zero-order valence-electron chi connectivity index (χ0n) is 10.4. The van der Waals surface area contributed by atoms with E-state index in [1.165, 1.54) is 18.4 Å². The topological polar surface area (TPSA) is 30.7 Å². The first-order valence-electron chi connectivity index (χ1n) is 6.41. The second-order valence-corrected chi connectivity index (χ2v) is 5.38. The van der Waals surface area contributed by atoms with E-state index in [0.717, 1.165) is 29.5 Å². The van der Waals surface area contributed by atoms with Gasteiger partial charge >= 0.3 is 0 Å². The van der Waals surface area contributed by atoms with Gasteiger partial charge in [-0.3, -0.25) is 0 Å². The first-order chi connectivity index (χ1) is 8.74. The van der Waals surface area contributed by atoms with E-state index in [9.17, 15) is 0 Å². The Morgan fingerprint density at radius 1 is 1.28 bits per heavy atom. The highest BCUT2D eigenvalue weighted by molar-refractivity contribution is 6.30. The van der Waals surface area contributed by atoms with E-state index in [4.69, 9.17) is 11.6 Å². The van der Waals surface area contributed by atoms with E-state index >= 15 is 0 Å². The molecule has 18 heavy (non-hydrogen) atoms. The van der Waals surface area contributed by atoms with Gasteiger partial charge in [0.05, 0.1) is 0 Å². The predicted molar refractivity (Wildman–Crippen MR) is 71.9 cm³/mol. The number of aryl methyl sites for hydroxylation is 1. The molecule has 4 heteroatoms. The van der Waals surface area contributed by atoms with Crippen LogP contribution in [0.15, 0.2) is 24.3 Å². The maximum Gasteiger partial charge on any atom is 0.137 e. The van der Waals surface area contributed by atoms with Gasteiger partial charge in [0.1, 0.15) is 11.6 Å². The summed E-state index contributed by atoms with van der Waals surface area (Å²) in [7, 11) is 0. The number of rotatable bonds is 2. The van der Waals surface area contributed by atoms with Gasteiger partial charge in [-0.1, -0.05) is 23.7 Å². The summed E-state index contributed by atoms with van der Waals surface area (Å²) in [5.41, 5.74) is 1.23. The van der Waals surface area contributed by atoms with Gasteiger partial charge in [-0.2, -0.15) is 0 Å². The highest BCUT2D eigenvalue weighted by Crippen LogP contribution is 2.25. The lowest BCUT2D eigenvalue weighted by Crippen LogP contribution is -2.17. The summed E-state index contributed by atoms with van der Waals surface area (Å²) in [6, 6.07) is 8.47. The van der Waals surface area contributed by atoms with Crippen molar-refractivity contribution in [2.45, 2.75) is 38.6 Å². The van der Waals surface area contributed by atoms with Gasteiger partial charge < -0.3 is 4.57 Å². The molecule has 0 amide bonds. The number of benzene rings is 1. The Balaban J connectivity index is 1.89. The van der Waals surface area contributed by atoms with Crippen LogP contribution in [0.2, 0.25) is 5.02 Å². The minimum atomic E-state index is 0.519. The second kappa shape index (κ2) is 4.73. The molecular formula is C14H16ClN3. The summed E-state index contributed by atoms with van der Waals surface area (Å²) in [5, 5.41) is 9.43. The number of fused-ring (bicyclic) bond motifs is 1. The molecule has 1 unspecified atom stereocenters. The Morgan fingerprint density at radius 2 is 2.06 bits per heavy atom. The fourth-order valence-electron chi connectivity index (χ4n) is 2.63. The van der Waals surface area contributed by atoms with Crippen LogP contribution in [0, 0.1) is 0 Å². The van der Waals surface area contributed by atoms with E-state index in [0.29, 0.717) is 6.04 Å². The molecule has 1 atom stereocenters. The molecule has 1 aromatic heterocycles. The molecular weight excluding hydrogens is 246 g/mol. The molecule has 1 aromatic carbocycles. The molecule has 0 aliphatic carbocycles. The summed E-state index contributed by atoms with van der Waals surface area (Å²) in [5.74, 6) is 2.21. The van der Waals surface area contributed by atoms with Crippen molar-refractivity contribution in [1.82, 2.24) is 14.8 Å². The Hall–Kier alpha value is -1.35. The van der Waals surface area contributed by atoms with Crippen molar-refractivity contribution in [2.24, 2.45) is 0 Å². The molecule has 0 radical (unpaired) electrons. The summed E-state index contributed by atoms with van der Waals surface area (Å²) in [6.07, 6.45) is 4.32. The third-order valence-electron chi connectivity index (χ3n) is 3.58. The molecule has 3 rings (SSSR count). The zero-order valence-corrected chi connectivity index (χ0v) is 11.2. The lowest BCUT2D eigenvalue weighted by molar-refractivity contribution is 0.416. The Morgan fingerprint density at radius 3 is 2.83 bits per heavy atom. The van der Waals surface area contributed by atoms with Gasteiger partial charge in [-0.05, 0) is 37.5 Å². The van der Waals surface area contributed by atoms with Crippen LogP contribution in [-0.4, -0.2) is 14.8 Å². The van der Waals surface area contributed by atoms with Gasteiger partial charge in [-0.25, -0.2) is 0 Å². The summed E-state index contributed by atoms with van der Waals surface area (Å²) >= 11 is 5.90. The van der Waals surface area contributed by atoms with Crippen LogP contribution in [-0.2, 0) is 12.8 Å². The van der Waals surface area contributed by atoms with Crippen molar-refractivity contribution in [3.8, 4) is 0 Å². The number of hydrogen-bond acceptors (Lipinski definition) is 2. The molecule has 0 fully saturated rings. The van der Waals surface area contributed by atoms with Gasteiger partial charge in [0.15, 0.2) is 0 Å². The standard InChI is InChI=1S/C14H16ClN3/c1-10-3-2-4-13-16-17-14(18(10)13)9-11-5-7-12(15)8-6-11/h5-8,10H,2-4,9H2,1H3. The van der Waals surface area contributed by atoms with Crippen molar-refractivity contribution in [1.29, 1.82) is 0 Å². The third kappa shape index (κ3) is 2.15. The summed E-state index contributed by atoms with van der Waals surface area (Å²) in [6.45, 7) is 2.25. The Bertz CT molecular complexity index is 545. The van der Waals surface area contributed by atoms with Gasteiger partial charge in [-0.15, -0.1) is 10.2 Å². The lowest BCUT2D eigenvalue weighted by Gasteiger charge is -2.22. The largest absolute Gasteiger partial charge is 0.312 e. The van der Waals surface area contributed by atoms with Crippen LogP contribution < -0.4 is 0 Å². The van der Waals surface area contributed by atoms with E-state index in [2.05, 4.69) is 33.8 Å². The van der Waals surface area contributed by atoms with Crippen molar-refractivity contribution >= 4 is 11.6 Å². The van der Waals surface area contributed by atoms with Crippen LogP contribution in [0.4, 0.5) is 0 Å². The van der Waals surface area contributed by atoms with Gasteiger partial charge in [0.2, 0.25) is 0 Å². The quantitative estimate of drug-likeness (QED) is 0.829. The average Bonchev–Trinajstić information content (AvgIpc) is 2.77. The molecule has 2 heterocycles. The minimum Gasteiger partial charge on any atom is -0.312 e.